The summed E-state index contributed by atoms with van der Waals surface area (Å²) in [5.74, 6) is 0.563. The van der Waals surface area contributed by atoms with Gasteiger partial charge in [0.25, 0.3) is 5.91 Å². The summed E-state index contributed by atoms with van der Waals surface area (Å²) in [7, 11) is 0. The summed E-state index contributed by atoms with van der Waals surface area (Å²) >= 11 is 0. The molecule has 0 aliphatic carbocycles. The molecule has 1 unspecified atom stereocenters. The van der Waals surface area contributed by atoms with Gasteiger partial charge in [-0.3, -0.25) is 4.79 Å². The van der Waals surface area contributed by atoms with Crippen molar-refractivity contribution in [2.24, 2.45) is 5.92 Å². The first-order valence-electron chi connectivity index (χ1n) is 7.96. The first-order valence-corrected chi connectivity index (χ1v) is 7.96. The van der Waals surface area contributed by atoms with Crippen LogP contribution < -0.4 is 5.32 Å². The summed E-state index contributed by atoms with van der Waals surface area (Å²) in [4.78, 5) is 14.5. The first-order chi connectivity index (χ1) is 10.3. The SMILES string of the molecule is O=C(NCC1CCCN(CCCCO)C1)c1ccccc1. The molecule has 0 bridgehead atoms. The smallest absolute Gasteiger partial charge is 0.251 e. The number of likely N-dealkylation sites (tertiary alicyclic amines) is 1. The molecule has 1 saturated heterocycles. The quantitative estimate of drug-likeness (QED) is 0.754. The molecule has 1 fully saturated rings. The number of rotatable bonds is 7. The molecule has 21 heavy (non-hydrogen) atoms. The van der Waals surface area contributed by atoms with Crippen LogP contribution in [0, 0.1) is 5.92 Å². The fraction of sp³-hybridized carbons (Fsp3) is 0.588. The zero-order valence-corrected chi connectivity index (χ0v) is 12.6. The van der Waals surface area contributed by atoms with Crippen molar-refractivity contribution in [2.75, 3.05) is 32.8 Å². The average Bonchev–Trinajstić information content (AvgIpc) is 2.54. The molecule has 1 aliphatic rings. The molecule has 1 aromatic carbocycles. The molecule has 4 heteroatoms. The largest absolute Gasteiger partial charge is 0.396 e. The summed E-state index contributed by atoms with van der Waals surface area (Å²) in [6.45, 7) is 4.30. The maximum atomic E-state index is 12.0. The minimum atomic E-state index is 0.0213. The van der Waals surface area contributed by atoms with Crippen LogP contribution in [0.15, 0.2) is 30.3 Å². The van der Waals surface area contributed by atoms with Gasteiger partial charge in [0.15, 0.2) is 0 Å². The van der Waals surface area contributed by atoms with Crippen LogP contribution in [0.2, 0.25) is 0 Å². The predicted molar refractivity (Wildman–Crippen MR) is 84.3 cm³/mol. The van der Waals surface area contributed by atoms with Crippen molar-refractivity contribution in [3.8, 4) is 0 Å². The molecule has 1 aromatic rings. The van der Waals surface area contributed by atoms with Gasteiger partial charge >= 0.3 is 0 Å². The zero-order chi connectivity index (χ0) is 14.9. The van der Waals surface area contributed by atoms with Crippen LogP contribution in [-0.2, 0) is 0 Å². The van der Waals surface area contributed by atoms with E-state index in [-0.39, 0.29) is 12.5 Å². The van der Waals surface area contributed by atoms with E-state index in [0.717, 1.165) is 44.6 Å². The second-order valence-electron chi connectivity index (χ2n) is 5.82. The fourth-order valence-corrected chi connectivity index (χ4v) is 2.90. The van der Waals surface area contributed by atoms with Crippen molar-refractivity contribution >= 4 is 5.91 Å². The molecule has 0 spiro atoms. The highest BCUT2D eigenvalue weighted by Gasteiger charge is 2.20. The Balaban J connectivity index is 1.71. The van der Waals surface area contributed by atoms with Crippen molar-refractivity contribution in [3.63, 3.8) is 0 Å². The van der Waals surface area contributed by atoms with Crippen molar-refractivity contribution in [1.82, 2.24) is 10.2 Å². The Morgan fingerprint density at radius 3 is 2.86 bits per heavy atom. The van der Waals surface area contributed by atoms with Crippen molar-refractivity contribution in [3.05, 3.63) is 35.9 Å². The number of carbonyl (C=O) groups excluding carboxylic acids is 1. The normalized spacial score (nSPS) is 19.4. The van der Waals surface area contributed by atoms with Crippen LogP contribution in [0.1, 0.15) is 36.0 Å². The van der Waals surface area contributed by atoms with E-state index in [2.05, 4.69) is 10.2 Å². The molecule has 1 aliphatic heterocycles. The maximum Gasteiger partial charge on any atom is 0.251 e. The summed E-state index contributed by atoms with van der Waals surface area (Å²) in [5.41, 5.74) is 0.730. The van der Waals surface area contributed by atoms with Gasteiger partial charge in [-0.1, -0.05) is 18.2 Å². The van der Waals surface area contributed by atoms with E-state index in [1.54, 1.807) is 0 Å². The molecule has 1 atom stereocenters. The number of unbranched alkanes of at least 4 members (excludes halogenated alkanes) is 1. The number of amides is 1. The number of hydrogen-bond acceptors (Lipinski definition) is 3. The van der Waals surface area contributed by atoms with Crippen molar-refractivity contribution in [2.45, 2.75) is 25.7 Å². The molecule has 116 valence electrons. The van der Waals surface area contributed by atoms with E-state index < -0.39 is 0 Å². The van der Waals surface area contributed by atoms with Gasteiger partial charge in [0.05, 0.1) is 0 Å². The molecule has 2 N–H and O–H groups in total. The highest BCUT2D eigenvalue weighted by molar-refractivity contribution is 5.94. The van der Waals surface area contributed by atoms with E-state index in [1.807, 2.05) is 30.3 Å². The Bertz CT molecular complexity index is 422. The Labute approximate surface area is 127 Å². The number of hydrogen-bond donors (Lipinski definition) is 2. The second kappa shape index (κ2) is 8.80. The standard InChI is InChI=1S/C17H26N2O2/c20-12-5-4-10-19-11-6-7-15(14-19)13-18-17(21)16-8-2-1-3-9-16/h1-3,8-9,15,20H,4-7,10-14H2,(H,18,21). The van der Waals surface area contributed by atoms with Gasteiger partial charge in [0.2, 0.25) is 0 Å². The number of nitrogens with zero attached hydrogens (tertiary/aromatic N) is 1. The molecular weight excluding hydrogens is 264 g/mol. The van der Waals surface area contributed by atoms with Crippen molar-refractivity contribution in [1.29, 1.82) is 0 Å². The van der Waals surface area contributed by atoms with E-state index in [0.29, 0.717) is 5.92 Å². The molecule has 1 amide bonds. The van der Waals surface area contributed by atoms with Crippen LogP contribution in [0.5, 0.6) is 0 Å². The monoisotopic (exact) mass is 290 g/mol. The Morgan fingerprint density at radius 1 is 1.29 bits per heavy atom. The number of piperidine rings is 1. The summed E-state index contributed by atoms with van der Waals surface area (Å²) in [6, 6.07) is 9.38. The molecule has 0 radical (unpaired) electrons. The predicted octanol–water partition coefficient (Wildman–Crippen LogP) is 1.90. The topological polar surface area (TPSA) is 52.6 Å². The van der Waals surface area contributed by atoms with Crippen LogP contribution in [0.4, 0.5) is 0 Å². The summed E-state index contributed by atoms with van der Waals surface area (Å²) in [5, 5.41) is 11.9. The molecule has 0 aromatic heterocycles. The third kappa shape index (κ3) is 5.48. The lowest BCUT2D eigenvalue weighted by Crippen LogP contribution is -2.41. The van der Waals surface area contributed by atoms with Gasteiger partial charge in [-0.05, 0) is 56.8 Å². The minimum Gasteiger partial charge on any atom is -0.396 e. The molecular formula is C17H26N2O2. The highest BCUT2D eigenvalue weighted by Crippen LogP contribution is 2.16. The summed E-state index contributed by atoms with van der Waals surface area (Å²) < 4.78 is 0. The third-order valence-corrected chi connectivity index (χ3v) is 4.07. The second-order valence-corrected chi connectivity index (χ2v) is 5.82. The lowest BCUT2D eigenvalue weighted by atomic mass is 9.97. The van der Waals surface area contributed by atoms with Gasteiger partial charge in [-0.15, -0.1) is 0 Å². The molecule has 1 heterocycles. The number of benzene rings is 1. The van der Waals surface area contributed by atoms with Crippen LogP contribution in [0.3, 0.4) is 0 Å². The molecule has 4 nitrogen and oxygen atoms in total. The minimum absolute atomic E-state index is 0.0213. The van der Waals surface area contributed by atoms with E-state index in [4.69, 9.17) is 5.11 Å². The van der Waals surface area contributed by atoms with E-state index >= 15 is 0 Å². The van der Waals surface area contributed by atoms with Gasteiger partial charge in [0, 0.05) is 25.3 Å². The van der Waals surface area contributed by atoms with Crippen LogP contribution in [0.25, 0.3) is 0 Å². The third-order valence-electron chi connectivity index (χ3n) is 4.07. The van der Waals surface area contributed by atoms with Crippen LogP contribution in [-0.4, -0.2) is 48.7 Å². The average molecular weight is 290 g/mol. The maximum absolute atomic E-state index is 12.0. The number of aliphatic hydroxyl groups excluding tert-OH is 1. The molecule has 2 rings (SSSR count). The van der Waals surface area contributed by atoms with E-state index in [9.17, 15) is 4.79 Å². The Kier molecular flexibility index (Phi) is 6.70. The van der Waals surface area contributed by atoms with Crippen molar-refractivity contribution < 1.29 is 9.90 Å². The number of aliphatic hydroxyl groups is 1. The fourth-order valence-electron chi connectivity index (χ4n) is 2.90. The Hall–Kier alpha value is -1.39. The molecule has 0 saturated carbocycles. The van der Waals surface area contributed by atoms with Gasteiger partial charge < -0.3 is 15.3 Å². The Morgan fingerprint density at radius 2 is 2.10 bits per heavy atom. The first kappa shape index (κ1) is 16.0. The lowest BCUT2D eigenvalue weighted by Gasteiger charge is -2.32. The number of carbonyl (C=O) groups is 1. The van der Waals surface area contributed by atoms with Gasteiger partial charge in [0.1, 0.15) is 0 Å². The summed E-state index contributed by atoms with van der Waals surface area (Å²) in [6.07, 6.45) is 4.32. The van der Waals surface area contributed by atoms with Gasteiger partial charge in [-0.2, -0.15) is 0 Å². The van der Waals surface area contributed by atoms with E-state index in [1.165, 1.54) is 12.8 Å². The zero-order valence-electron chi connectivity index (χ0n) is 12.6. The van der Waals surface area contributed by atoms with Crippen LogP contribution >= 0.6 is 0 Å². The highest BCUT2D eigenvalue weighted by atomic mass is 16.2. The lowest BCUT2D eigenvalue weighted by molar-refractivity contribution is 0.0931. The number of nitrogens with one attached hydrogen (secondary N) is 1. The van der Waals surface area contributed by atoms with Gasteiger partial charge in [-0.25, -0.2) is 0 Å².